The van der Waals surface area contributed by atoms with Crippen LogP contribution in [0, 0.1) is 6.92 Å². The van der Waals surface area contributed by atoms with Crippen molar-refractivity contribution in [1.29, 1.82) is 0 Å². The third-order valence-electron chi connectivity index (χ3n) is 5.02. The number of guanidine groups is 1. The van der Waals surface area contributed by atoms with Gasteiger partial charge in [-0.2, -0.15) is 0 Å². The number of aliphatic imine (C=N–C) groups is 1. The lowest BCUT2D eigenvalue weighted by Crippen LogP contribution is -2.39. The molecule has 1 aliphatic rings. The second-order valence-electron chi connectivity index (χ2n) is 7.22. The molecule has 0 bridgehead atoms. The minimum absolute atomic E-state index is 0. The maximum absolute atomic E-state index is 5.40. The largest absolute Gasteiger partial charge is 0.382 e. The van der Waals surface area contributed by atoms with E-state index in [1.165, 1.54) is 37.1 Å². The number of benzene rings is 1. The van der Waals surface area contributed by atoms with Gasteiger partial charge in [-0.25, -0.2) is 0 Å². The van der Waals surface area contributed by atoms with Crippen LogP contribution in [-0.4, -0.2) is 56.8 Å². The van der Waals surface area contributed by atoms with Crippen molar-refractivity contribution in [1.82, 2.24) is 15.5 Å². The fraction of sp³-hybridized carbons (Fsp3) is 0.682. The Kier molecular flexibility index (Phi) is 13.5. The van der Waals surface area contributed by atoms with Crippen LogP contribution in [0.2, 0.25) is 0 Å². The quantitative estimate of drug-likeness (QED) is 0.207. The van der Waals surface area contributed by atoms with E-state index in [9.17, 15) is 0 Å². The van der Waals surface area contributed by atoms with Gasteiger partial charge in [0, 0.05) is 26.3 Å². The van der Waals surface area contributed by atoms with Crippen molar-refractivity contribution in [2.24, 2.45) is 4.99 Å². The van der Waals surface area contributed by atoms with E-state index in [2.05, 4.69) is 53.6 Å². The third-order valence-corrected chi connectivity index (χ3v) is 5.02. The summed E-state index contributed by atoms with van der Waals surface area (Å²) in [6.45, 7) is 12.9. The summed E-state index contributed by atoms with van der Waals surface area (Å²) in [5.41, 5.74) is 2.68. The molecule has 2 N–H and O–H groups in total. The van der Waals surface area contributed by atoms with Gasteiger partial charge in [0.1, 0.15) is 0 Å². The molecule has 0 spiro atoms. The van der Waals surface area contributed by atoms with Crippen LogP contribution in [0.1, 0.15) is 56.7 Å². The molecule has 1 aliphatic heterocycles. The van der Waals surface area contributed by atoms with Crippen LogP contribution in [0.5, 0.6) is 0 Å². The van der Waals surface area contributed by atoms with Crippen LogP contribution in [0.25, 0.3) is 0 Å². The molecule has 6 heteroatoms. The van der Waals surface area contributed by atoms with Crippen LogP contribution in [-0.2, 0) is 4.74 Å². The van der Waals surface area contributed by atoms with Crippen LogP contribution in [0.15, 0.2) is 29.3 Å². The summed E-state index contributed by atoms with van der Waals surface area (Å²) in [7, 11) is 0. The molecule has 1 aromatic carbocycles. The van der Waals surface area contributed by atoms with Crippen LogP contribution in [0.3, 0.4) is 0 Å². The molecule has 1 aromatic rings. The lowest BCUT2D eigenvalue weighted by atomic mass is 10.0. The first-order valence-electron chi connectivity index (χ1n) is 10.6. The van der Waals surface area contributed by atoms with Crippen molar-refractivity contribution < 1.29 is 4.74 Å². The Morgan fingerprint density at radius 1 is 1.11 bits per heavy atom. The second-order valence-corrected chi connectivity index (χ2v) is 7.22. The normalized spacial score (nSPS) is 15.9. The van der Waals surface area contributed by atoms with Gasteiger partial charge in [0.2, 0.25) is 0 Å². The van der Waals surface area contributed by atoms with Crippen molar-refractivity contribution in [2.45, 2.75) is 52.5 Å². The molecule has 1 fully saturated rings. The number of ether oxygens (including phenoxy) is 1. The predicted octanol–water partition coefficient (Wildman–Crippen LogP) is 4.12. The van der Waals surface area contributed by atoms with E-state index in [1.807, 2.05) is 6.92 Å². The Balaban J connectivity index is 0.00000392. The van der Waals surface area contributed by atoms with Crippen molar-refractivity contribution >= 4 is 29.9 Å². The zero-order valence-electron chi connectivity index (χ0n) is 17.9. The van der Waals surface area contributed by atoms with E-state index in [-0.39, 0.29) is 24.0 Å². The Morgan fingerprint density at radius 2 is 1.82 bits per heavy atom. The Morgan fingerprint density at radius 3 is 2.46 bits per heavy atom. The van der Waals surface area contributed by atoms with Gasteiger partial charge in [-0.05, 0) is 65.1 Å². The molecular weight excluding hydrogens is 463 g/mol. The number of nitrogens with one attached hydrogen (secondary N) is 2. The molecule has 1 unspecified atom stereocenters. The van der Waals surface area contributed by atoms with Crippen LogP contribution < -0.4 is 10.6 Å². The number of hydrogen-bond donors (Lipinski definition) is 2. The van der Waals surface area contributed by atoms with Crippen molar-refractivity contribution in [2.75, 3.05) is 45.9 Å². The highest BCUT2D eigenvalue weighted by molar-refractivity contribution is 14.0. The minimum Gasteiger partial charge on any atom is -0.382 e. The molecule has 1 saturated heterocycles. The first kappa shape index (κ1) is 25.2. The third kappa shape index (κ3) is 9.09. The number of hydrogen-bond acceptors (Lipinski definition) is 3. The van der Waals surface area contributed by atoms with Gasteiger partial charge >= 0.3 is 0 Å². The number of halogens is 1. The zero-order valence-corrected chi connectivity index (χ0v) is 20.2. The highest BCUT2D eigenvalue weighted by Crippen LogP contribution is 2.25. The number of unbranched alkanes of at least 4 members (excludes halogenated alkanes) is 1. The van der Waals surface area contributed by atoms with E-state index < -0.39 is 0 Å². The highest BCUT2D eigenvalue weighted by atomic mass is 127. The number of aryl methyl sites for hydroxylation is 1. The fourth-order valence-electron chi connectivity index (χ4n) is 3.47. The molecule has 1 atom stereocenters. The monoisotopic (exact) mass is 502 g/mol. The molecule has 0 saturated carbocycles. The molecule has 28 heavy (non-hydrogen) atoms. The minimum atomic E-state index is 0. The number of likely N-dealkylation sites (tertiary alicyclic amines) is 1. The Hall–Kier alpha value is -0.860. The van der Waals surface area contributed by atoms with Crippen LogP contribution >= 0.6 is 24.0 Å². The maximum atomic E-state index is 5.40. The van der Waals surface area contributed by atoms with E-state index in [4.69, 9.17) is 9.73 Å². The van der Waals surface area contributed by atoms with E-state index in [0.29, 0.717) is 6.04 Å². The molecular formula is C22H39IN4O. The molecule has 0 amide bonds. The topological polar surface area (TPSA) is 48.9 Å². The first-order chi connectivity index (χ1) is 13.2. The van der Waals surface area contributed by atoms with Crippen molar-refractivity contribution in [3.05, 3.63) is 35.4 Å². The summed E-state index contributed by atoms with van der Waals surface area (Å²) < 4.78 is 5.40. The average Bonchev–Trinajstić information content (AvgIpc) is 3.20. The second kappa shape index (κ2) is 15.0. The summed E-state index contributed by atoms with van der Waals surface area (Å²) in [5, 5.41) is 6.85. The van der Waals surface area contributed by atoms with Gasteiger partial charge < -0.3 is 15.4 Å². The summed E-state index contributed by atoms with van der Waals surface area (Å²) in [6.07, 6.45) is 4.77. The molecule has 5 nitrogen and oxygen atoms in total. The van der Waals surface area contributed by atoms with Crippen molar-refractivity contribution in [3.8, 4) is 0 Å². The van der Waals surface area contributed by atoms with Crippen LogP contribution in [0.4, 0.5) is 0 Å². The summed E-state index contributed by atoms with van der Waals surface area (Å²) in [5.74, 6) is 0.921. The Labute approximate surface area is 188 Å². The standard InChI is InChI=1S/C22H38N4O.HI/c1-4-23-22(24-14-6-9-17-27-5-2)25-18-21(26-15-7-8-16-26)20-12-10-19(3)11-13-20;/h10-13,21H,4-9,14-18H2,1-3H3,(H2,23,24,25);1H. The number of rotatable bonds is 11. The molecule has 0 aliphatic carbocycles. The molecule has 0 aromatic heterocycles. The van der Waals surface area contributed by atoms with Gasteiger partial charge in [-0.1, -0.05) is 29.8 Å². The molecule has 0 radical (unpaired) electrons. The van der Waals surface area contributed by atoms with Gasteiger partial charge in [-0.3, -0.25) is 9.89 Å². The average molecular weight is 502 g/mol. The highest BCUT2D eigenvalue weighted by Gasteiger charge is 2.23. The molecule has 1 heterocycles. The van der Waals surface area contributed by atoms with Crippen molar-refractivity contribution in [3.63, 3.8) is 0 Å². The summed E-state index contributed by atoms with van der Waals surface area (Å²) >= 11 is 0. The van der Waals surface area contributed by atoms with E-state index in [1.54, 1.807) is 0 Å². The summed E-state index contributed by atoms with van der Waals surface area (Å²) in [6, 6.07) is 9.32. The predicted molar refractivity (Wildman–Crippen MR) is 130 cm³/mol. The van der Waals surface area contributed by atoms with Gasteiger partial charge in [0.25, 0.3) is 0 Å². The van der Waals surface area contributed by atoms with Gasteiger partial charge in [0.05, 0.1) is 12.6 Å². The maximum Gasteiger partial charge on any atom is 0.191 e. The molecule has 2 rings (SSSR count). The lowest BCUT2D eigenvalue weighted by Gasteiger charge is -2.27. The molecule has 160 valence electrons. The fourth-order valence-corrected chi connectivity index (χ4v) is 3.47. The number of nitrogens with zero attached hydrogens (tertiary/aromatic N) is 2. The van der Waals surface area contributed by atoms with E-state index in [0.717, 1.165) is 51.6 Å². The zero-order chi connectivity index (χ0) is 19.3. The van der Waals surface area contributed by atoms with Gasteiger partial charge in [0.15, 0.2) is 5.96 Å². The SMILES string of the molecule is CCNC(=NCC(c1ccc(C)cc1)N1CCCC1)NCCCCOCC.I. The summed E-state index contributed by atoms with van der Waals surface area (Å²) in [4.78, 5) is 7.50. The van der Waals surface area contributed by atoms with E-state index >= 15 is 0 Å². The smallest absolute Gasteiger partial charge is 0.191 e. The Bertz CT molecular complexity index is 544. The lowest BCUT2D eigenvalue weighted by molar-refractivity contribution is 0.143. The first-order valence-corrected chi connectivity index (χ1v) is 10.6. The van der Waals surface area contributed by atoms with Gasteiger partial charge in [-0.15, -0.1) is 24.0 Å².